The van der Waals surface area contributed by atoms with Gasteiger partial charge in [0.25, 0.3) is 0 Å². The zero-order chi connectivity index (χ0) is 15.8. The van der Waals surface area contributed by atoms with Gasteiger partial charge in [-0.05, 0) is 24.0 Å². The first-order valence-electron chi connectivity index (χ1n) is 7.32. The highest BCUT2D eigenvalue weighted by atomic mass is 16.5. The second-order valence-electron chi connectivity index (χ2n) is 5.14. The molecular weight excluding hydrogens is 274 g/mol. The first-order chi connectivity index (χ1) is 10.8. The molecule has 0 unspecified atom stereocenters. The van der Waals surface area contributed by atoms with Gasteiger partial charge in [0, 0.05) is 6.42 Å². The molecule has 0 fully saturated rings. The molecule has 0 N–H and O–H groups in total. The standard InChI is InChI=1S/C19H19NO2/c1-22-18(21)19(14-8-9-15-20,16-10-4-2-5-11-16)17-12-6-3-7-13-17/h2-7,10-13H,8-9,14H2,1H3. The minimum Gasteiger partial charge on any atom is -0.468 e. The number of unbranched alkanes of at least 4 members (excludes halogenated alkanes) is 1. The number of nitrogens with zero attached hydrogens (tertiary/aromatic N) is 1. The Labute approximate surface area is 131 Å². The van der Waals surface area contributed by atoms with E-state index >= 15 is 0 Å². The fourth-order valence-electron chi connectivity index (χ4n) is 2.85. The summed E-state index contributed by atoms with van der Waals surface area (Å²) in [5, 5.41) is 8.83. The zero-order valence-corrected chi connectivity index (χ0v) is 12.7. The average Bonchev–Trinajstić information content (AvgIpc) is 2.60. The Balaban J connectivity index is 2.59. The van der Waals surface area contributed by atoms with Gasteiger partial charge in [0.2, 0.25) is 0 Å². The molecule has 0 spiro atoms. The minimum absolute atomic E-state index is 0.289. The highest BCUT2D eigenvalue weighted by Gasteiger charge is 2.42. The molecule has 0 saturated carbocycles. The van der Waals surface area contributed by atoms with Gasteiger partial charge in [0.15, 0.2) is 0 Å². The lowest BCUT2D eigenvalue weighted by molar-refractivity contribution is -0.146. The summed E-state index contributed by atoms with van der Waals surface area (Å²) < 4.78 is 5.13. The van der Waals surface area contributed by atoms with Crippen molar-refractivity contribution in [3.63, 3.8) is 0 Å². The van der Waals surface area contributed by atoms with Crippen LogP contribution in [0.2, 0.25) is 0 Å². The fourth-order valence-corrected chi connectivity index (χ4v) is 2.85. The Hall–Kier alpha value is -2.60. The van der Waals surface area contributed by atoms with Crippen LogP contribution >= 0.6 is 0 Å². The Morgan fingerprint density at radius 1 is 1.05 bits per heavy atom. The summed E-state index contributed by atoms with van der Waals surface area (Å²) in [6, 6.07) is 21.4. The molecule has 3 nitrogen and oxygen atoms in total. The third kappa shape index (κ3) is 3.01. The van der Waals surface area contributed by atoms with E-state index in [0.29, 0.717) is 19.3 Å². The third-order valence-electron chi connectivity index (χ3n) is 3.91. The van der Waals surface area contributed by atoms with E-state index < -0.39 is 5.41 Å². The second kappa shape index (κ2) is 7.42. The summed E-state index contributed by atoms with van der Waals surface area (Å²) >= 11 is 0. The maximum Gasteiger partial charge on any atom is 0.320 e. The molecule has 0 aliphatic heterocycles. The molecule has 22 heavy (non-hydrogen) atoms. The number of esters is 1. The highest BCUT2D eigenvalue weighted by Crippen LogP contribution is 2.38. The van der Waals surface area contributed by atoms with E-state index in [1.54, 1.807) is 0 Å². The number of hydrogen-bond acceptors (Lipinski definition) is 3. The normalized spacial score (nSPS) is 10.7. The lowest BCUT2D eigenvalue weighted by Gasteiger charge is -2.32. The van der Waals surface area contributed by atoms with Crippen LogP contribution in [0, 0.1) is 11.3 Å². The van der Waals surface area contributed by atoms with E-state index in [-0.39, 0.29) is 5.97 Å². The van der Waals surface area contributed by atoms with Crippen molar-refractivity contribution in [2.24, 2.45) is 0 Å². The fraction of sp³-hybridized carbons (Fsp3) is 0.263. The van der Waals surface area contributed by atoms with Crippen molar-refractivity contribution in [2.75, 3.05) is 7.11 Å². The lowest BCUT2D eigenvalue weighted by Crippen LogP contribution is -2.38. The molecule has 0 aromatic heterocycles. The topological polar surface area (TPSA) is 50.1 Å². The van der Waals surface area contributed by atoms with E-state index in [9.17, 15) is 4.79 Å². The van der Waals surface area contributed by atoms with Gasteiger partial charge in [0.05, 0.1) is 13.2 Å². The van der Waals surface area contributed by atoms with Gasteiger partial charge in [-0.15, -0.1) is 0 Å². The Kier molecular flexibility index (Phi) is 5.32. The maximum atomic E-state index is 12.7. The quantitative estimate of drug-likeness (QED) is 0.600. The summed E-state index contributed by atoms with van der Waals surface area (Å²) in [6.07, 6.45) is 1.59. The maximum absolute atomic E-state index is 12.7. The van der Waals surface area contributed by atoms with E-state index in [1.165, 1.54) is 7.11 Å². The first kappa shape index (κ1) is 15.8. The van der Waals surface area contributed by atoms with Gasteiger partial charge in [-0.1, -0.05) is 60.7 Å². The first-order valence-corrected chi connectivity index (χ1v) is 7.32. The van der Waals surface area contributed by atoms with Gasteiger partial charge in [-0.3, -0.25) is 4.79 Å². The summed E-state index contributed by atoms with van der Waals surface area (Å²) in [5.41, 5.74) is 0.922. The van der Waals surface area contributed by atoms with Crippen molar-refractivity contribution < 1.29 is 9.53 Å². The highest BCUT2D eigenvalue weighted by molar-refractivity contribution is 5.87. The summed E-state index contributed by atoms with van der Waals surface area (Å²) in [6.45, 7) is 0. The van der Waals surface area contributed by atoms with E-state index in [0.717, 1.165) is 11.1 Å². The molecule has 0 amide bonds. The summed E-state index contributed by atoms with van der Waals surface area (Å²) in [7, 11) is 1.41. The van der Waals surface area contributed by atoms with Crippen LogP contribution < -0.4 is 0 Å². The van der Waals surface area contributed by atoms with Gasteiger partial charge >= 0.3 is 5.97 Å². The molecule has 3 heteroatoms. The van der Waals surface area contributed by atoms with Gasteiger partial charge in [-0.25, -0.2) is 0 Å². The Morgan fingerprint density at radius 2 is 1.55 bits per heavy atom. The van der Waals surface area contributed by atoms with Crippen molar-refractivity contribution in [3.05, 3.63) is 71.8 Å². The predicted octanol–water partition coefficient (Wildman–Crippen LogP) is 3.84. The number of carbonyl (C=O) groups is 1. The van der Waals surface area contributed by atoms with E-state index in [2.05, 4.69) is 6.07 Å². The molecule has 0 aliphatic carbocycles. The number of rotatable bonds is 6. The van der Waals surface area contributed by atoms with Crippen molar-refractivity contribution in [1.82, 2.24) is 0 Å². The van der Waals surface area contributed by atoms with Crippen molar-refractivity contribution in [1.29, 1.82) is 5.26 Å². The second-order valence-corrected chi connectivity index (χ2v) is 5.14. The summed E-state index contributed by atoms with van der Waals surface area (Å²) in [4.78, 5) is 12.7. The lowest BCUT2D eigenvalue weighted by atomic mass is 9.71. The molecule has 0 heterocycles. The van der Waals surface area contributed by atoms with E-state index in [1.807, 2.05) is 60.7 Å². The molecular formula is C19H19NO2. The number of ether oxygens (including phenoxy) is 1. The third-order valence-corrected chi connectivity index (χ3v) is 3.91. The van der Waals surface area contributed by atoms with E-state index in [4.69, 9.17) is 10.00 Å². The molecule has 0 radical (unpaired) electrons. The molecule has 0 saturated heterocycles. The molecule has 0 atom stereocenters. The number of carbonyl (C=O) groups excluding carboxylic acids is 1. The van der Waals surface area contributed by atoms with Gasteiger partial charge in [0.1, 0.15) is 5.41 Å². The molecule has 0 aliphatic rings. The van der Waals surface area contributed by atoms with Crippen LogP contribution in [0.3, 0.4) is 0 Å². The van der Waals surface area contributed by atoms with Crippen molar-refractivity contribution in [2.45, 2.75) is 24.7 Å². The SMILES string of the molecule is COC(=O)C(CCCC#N)(c1ccccc1)c1ccccc1. The molecule has 2 aromatic carbocycles. The number of nitriles is 1. The minimum atomic E-state index is -0.867. The number of methoxy groups -OCH3 is 1. The van der Waals surface area contributed by atoms with Crippen LogP contribution in [0.15, 0.2) is 60.7 Å². The molecule has 2 aromatic rings. The average molecular weight is 293 g/mol. The number of benzene rings is 2. The summed E-state index contributed by atoms with van der Waals surface area (Å²) in [5.74, 6) is -0.289. The monoisotopic (exact) mass is 293 g/mol. The zero-order valence-electron chi connectivity index (χ0n) is 12.7. The predicted molar refractivity (Wildman–Crippen MR) is 85.1 cm³/mol. The van der Waals surface area contributed by atoms with Crippen LogP contribution in [0.1, 0.15) is 30.4 Å². The molecule has 112 valence electrons. The van der Waals surface area contributed by atoms with Crippen LogP contribution in [-0.2, 0) is 14.9 Å². The van der Waals surface area contributed by atoms with Gasteiger partial charge < -0.3 is 4.74 Å². The van der Waals surface area contributed by atoms with Crippen LogP contribution in [0.4, 0.5) is 0 Å². The van der Waals surface area contributed by atoms with Crippen LogP contribution in [0.25, 0.3) is 0 Å². The van der Waals surface area contributed by atoms with Crippen LogP contribution in [0.5, 0.6) is 0 Å². The number of hydrogen-bond donors (Lipinski definition) is 0. The smallest absolute Gasteiger partial charge is 0.320 e. The van der Waals surface area contributed by atoms with Crippen LogP contribution in [-0.4, -0.2) is 13.1 Å². The Bertz CT molecular complexity index is 605. The van der Waals surface area contributed by atoms with Gasteiger partial charge in [-0.2, -0.15) is 5.26 Å². The van der Waals surface area contributed by atoms with Crippen molar-refractivity contribution >= 4 is 5.97 Å². The van der Waals surface area contributed by atoms with Crippen molar-refractivity contribution in [3.8, 4) is 6.07 Å². The molecule has 2 rings (SSSR count). The molecule has 0 bridgehead atoms. The Morgan fingerprint density at radius 3 is 1.95 bits per heavy atom. The largest absolute Gasteiger partial charge is 0.468 e.